The van der Waals surface area contributed by atoms with Gasteiger partial charge < -0.3 is 20.1 Å². The molecule has 0 aliphatic heterocycles. The van der Waals surface area contributed by atoms with E-state index in [0.717, 1.165) is 11.1 Å². The van der Waals surface area contributed by atoms with Crippen LogP contribution >= 0.6 is 0 Å². The molecule has 0 fully saturated rings. The summed E-state index contributed by atoms with van der Waals surface area (Å²) in [6, 6.07) is 27.1. The molecule has 9 nitrogen and oxygen atoms in total. The molecule has 4 N–H and O–H groups in total. The van der Waals surface area contributed by atoms with Gasteiger partial charge in [-0.2, -0.15) is 0 Å². The monoisotopic (exact) mass is 510 g/mol. The highest BCUT2D eigenvalue weighted by molar-refractivity contribution is 6.01. The fourth-order valence-electron chi connectivity index (χ4n) is 3.42. The van der Waals surface area contributed by atoms with Crippen LogP contribution in [0.1, 0.15) is 11.1 Å². The van der Waals surface area contributed by atoms with E-state index in [1.54, 1.807) is 84.9 Å². The summed E-state index contributed by atoms with van der Waals surface area (Å²) in [6.45, 7) is 3.65. The Labute approximate surface area is 219 Å². The highest BCUT2D eigenvalue weighted by Gasteiger charge is 2.12. The third-order valence-electron chi connectivity index (χ3n) is 5.37. The van der Waals surface area contributed by atoms with Crippen LogP contribution in [0.2, 0.25) is 0 Å². The maximum atomic E-state index is 12.7. The average molecular weight is 511 g/mol. The summed E-state index contributed by atoms with van der Waals surface area (Å²) in [5.74, 6) is 0.827. The molecule has 0 aliphatic rings. The van der Waals surface area contributed by atoms with Gasteiger partial charge in [-0.1, -0.05) is 48.5 Å². The van der Waals surface area contributed by atoms with E-state index in [2.05, 4.69) is 21.3 Å². The molecular formula is C29H26N4O5. The highest BCUT2D eigenvalue weighted by Crippen LogP contribution is 2.23. The van der Waals surface area contributed by atoms with Crippen molar-refractivity contribution in [3.63, 3.8) is 0 Å². The Balaban J connectivity index is 1.36. The summed E-state index contributed by atoms with van der Waals surface area (Å²) in [4.78, 5) is 37.2. The second-order valence-electron chi connectivity index (χ2n) is 8.29. The van der Waals surface area contributed by atoms with Crippen molar-refractivity contribution >= 4 is 41.0 Å². The van der Waals surface area contributed by atoms with E-state index in [0.29, 0.717) is 34.2 Å². The first-order chi connectivity index (χ1) is 18.4. The third kappa shape index (κ3) is 7.34. The van der Waals surface area contributed by atoms with Crippen molar-refractivity contribution < 1.29 is 23.9 Å². The van der Waals surface area contributed by atoms with E-state index in [1.807, 2.05) is 26.0 Å². The molecule has 0 saturated carbocycles. The molecule has 4 aromatic rings. The summed E-state index contributed by atoms with van der Waals surface area (Å²) in [5, 5.41) is 10.8. The number of hydrogen-bond donors (Lipinski definition) is 4. The number of carbonyl (C=O) groups is 3. The minimum absolute atomic E-state index is 0.414. The number of aryl methyl sites for hydroxylation is 2. The van der Waals surface area contributed by atoms with Crippen LogP contribution in [0.25, 0.3) is 0 Å². The number of urea groups is 1. The lowest BCUT2D eigenvalue weighted by molar-refractivity contribution is 0.214. The number of benzene rings is 4. The van der Waals surface area contributed by atoms with E-state index in [9.17, 15) is 14.4 Å². The van der Waals surface area contributed by atoms with Gasteiger partial charge in [-0.15, -0.1) is 0 Å². The quantitative estimate of drug-likeness (QED) is 0.219. The van der Waals surface area contributed by atoms with E-state index >= 15 is 0 Å². The van der Waals surface area contributed by atoms with Gasteiger partial charge in [0, 0.05) is 22.7 Å². The van der Waals surface area contributed by atoms with Gasteiger partial charge >= 0.3 is 18.2 Å². The topological polar surface area (TPSA) is 118 Å². The largest absolute Gasteiger partial charge is 0.417 e. The number of anilines is 4. The first kappa shape index (κ1) is 25.8. The molecule has 0 atom stereocenters. The van der Waals surface area contributed by atoms with Crippen LogP contribution in [0, 0.1) is 13.8 Å². The normalized spacial score (nSPS) is 10.2. The number of carbonyl (C=O) groups excluding carboxylic acids is 3. The van der Waals surface area contributed by atoms with Gasteiger partial charge in [0.05, 0.1) is 0 Å². The smallest absolute Gasteiger partial charge is 0.410 e. The van der Waals surface area contributed by atoms with Gasteiger partial charge in [-0.3, -0.25) is 10.6 Å². The average Bonchev–Trinajstić information content (AvgIpc) is 2.89. The SMILES string of the molecule is Cc1ccc(NC(=O)Nc2ccc(C)c(NC(=O)Oc3ccccc3)c2)cc1NC(=O)Oc1ccccc1. The molecule has 4 rings (SSSR count). The molecule has 0 heterocycles. The van der Waals surface area contributed by atoms with Crippen LogP contribution in [0.15, 0.2) is 97.1 Å². The zero-order valence-corrected chi connectivity index (χ0v) is 20.8. The number of ether oxygens (including phenoxy) is 2. The molecule has 0 bridgehead atoms. The highest BCUT2D eigenvalue weighted by atomic mass is 16.6. The summed E-state index contributed by atoms with van der Waals surface area (Å²) in [7, 11) is 0. The molecule has 4 aromatic carbocycles. The van der Waals surface area contributed by atoms with Crippen LogP contribution in [-0.4, -0.2) is 18.2 Å². The maximum Gasteiger partial charge on any atom is 0.417 e. The van der Waals surface area contributed by atoms with Crippen molar-refractivity contribution in [2.45, 2.75) is 13.8 Å². The number of hydrogen-bond acceptors (Lipinski definition) is 5. The van der Waals surface area contributed by atoms with Gasteiger partial charge in [0.25, 0.3) is 0 Å². The Morgan fingerprint density at radius 3 is 1.32 bits per heavy atom. The molecule has 9 heteroatoms. The van der Waals surface area contributed by atoms with Gasteiger partial charge in [0.15, 0.2) is 0 Å². The van der Waals surface area contributed by atoms with Crippen molar-refractivity contribution in [2.75, 3.05) is 21.3 Å². The Morgan fingerprint density at radius 2 is 0.921 bits per heavy atom. The lowest BCUT2D eigenvalue weighted by Crippen LogP contribution is -2.21. The molecule has 4 amide bonds. The molecule has 0 aromatic heterocycles. The lowest BCUT2D eigenvalue weighted by Gasteiger charge is -2.14. The second-order valence-corrected chi connectivity index (χ2v) is 8.29. The molecule has 0 unspecified atom stereocenters. The molecule has 0 radical (unpaired) electrons. The first-order valence-corrected chi connectivity index (χ1v) is 11.7. The van der Waals surface area contributed by atoms with Gasteiger partial charge in [-0.25, -0.2) is 14.4 Å². The van der Waals surface area contributed by atoms with E-state index < -0.39 is 18.2 Å². The van der Waals surface area contributed by atoms with E-state index in [-0.39, 0.29) is 0 Å². The standard InChI is InChI=1S/C29H26N4O5/c1-19-13-15-21(17-25(19)32-28(35)37-23-9-5-3-6-10-23)30-27(34)31-22-16-14-20(2)26(18-22)33-29(36)38-24-11-7-4-8-12-24/h3-18H,1-2H3,(H,32,35)(H,33,36)(H2,30,31,34). The molecular weight excluding hydrogens is 484 g/mol. The van der Waals surface area contributed by atoms with Crippen LogP contribution in [0.4, 0.5) is 37.1 Å². The minimum Gasteiger partial charge on any atom is -0.410 e. The Hall–Kier alpha value is -5.31. The molecule has 0 spiro atoms. The fourth-order valence-corrected chi connectivity index (χ4v) is 3.42. The predicted molar refractivity (Wildman–Crippen MR) is 147 cm³/mol. The molecule has 0 saturated heterocycles. The second kappa shape index (κ2) is 12.1. The van der Waals surface area contributed by atoms with Crippen LogP contribution in [-0.2, 0) is 0 Å². The maximum absolute atomic E-state index is 12.7. The van der Waals surface area contributed by atoms with E-state index in [1.165, 1.54) is 0 Å². The number of rotatable bonds is 6. The Kier molecular flexibility index (Phi) is 8.20. The molecule has 38 heavy (non-hydrogen) atoms. The zero-order valence-electron chi connectivity index (χ0n) is 20.8. The lowest BCUT2D eigenvalue weighted by atomic mass is 10.1. The van der Waals surface area contributed by atoms with E-state index in [4.69, 9.17) is 9.47 Å². The Bertz CT molecular complexity index is 1330. The van der Waals surface area contributed by atoms with Crippen LogP contribution < -0.4 is 30.7 Å². The van der Waals surface area contributed by atoms with Crippen molar-refractivity contribution in [1.29, 1.82) is 0 Å². The number of amides is 4. The third-order valence-corrected chi connectivity index (χ3v) is 5.37. The fraction of sp³-hybridized carbons (Fsp3) is 0.0690. The van der Waals surface area contributed by atoms with Crippen molar-refractivity contribution in [3.05, 3.63) is 108 Å². The molecule has 192 valence electrons. The van der Waals surface area contributed by atoms with Gasteiger partial charge in [-0.05, 0) is 73.5 Å². The zero-order chi connectivity index (χ0) is 26.9. The summed E-state index contributed by atoms with van der Waals surface area (Å²) < 4.78 is 10.5. The summed E-state index contributed by atoms with van der Waals surface area (Å²) >= 11 is 0. The molecule has 0 aliphatic carbocycles. The predicted octanol–water partition coefficient (Wildman–Crippen LogP) is 7.17. The minimum atomic E-state index is -0.647. The summed E-state index contributed by atoms with van der Waals surface area (Å²) in [6.07, 6.45) is -1.29. The Morgan fingerprint density at radius 1 is 0.526 bits per heavy atom. The van der Waals surface area contributed by atoms with Crippen molar-refractivity contribution in [2.24, 2.45) is 0 Å². The number of nitrogens with one attached hydrogen (secondary N) is 4. The van der Waals surface area contributed by atoms with Crippen LogP contribution in [0.5, 0.6) is 11.5 Å². The van der Waals surface area contributed by atoms with Crippen molar-refractivity contribution in [3.8, 4) is 11.5 Å². The van der Waals surface area contributed by atoms with Crippen molar-refractivity contribution in [1.82, 2.24) is 0 Å². The summed E-state index contributed by atoms with van der Waals surface area (Å²) in [5.41, 5.74) is 3.47. The van der Waals surface area contributed by atoms with Gasteiger partial charge in [0.2, 0.25) is 0 Å². The van der Waals surface area contributed by atoms with Crippen LogP contribution in [0.3, 0.4) is 0 Å². The first-order valence-electron chi connectivity index (χ1n) is 11.7. The van der Waals surface area contributed by atoms with Gasteiger partial charge in [0.1, 0.15) is 11.5 Å². The number of para-hydroxylation sites is 2.